The average molecular weight is 502 g/mol. The first-order valence-corrected chi connectivity index (χ1v) is 13.1. The first-order chi connectivity index (χ1) is 14.9. The molecule has 0 saturated carbocycles. The summed E-state index contributed by atoms with van der Waals surface area (Å²) in [6.45, 7) is 8.23. The topological polar surface area (TPSA) is 86.6 Å². The minimum absolute atomic E-state index is 0.0332. The van der Waals surface area contributed by atoms with E-state index < -0.39 is 19.2 Å². The van der Waals surface area contributed by atoms with Crippen LogP contribution >= 0.6 is 30.8 Å². The maximum Gasteiger partial charge on any atom is 0.338 e. The molecular weight excluding hydrogens is 468 g/mol. The highest BCUT2D eigenvalue weighted by molar-refractivity contribution is 7.53. The highest BCUT2D eigenvalue weighted by Gasteiger charge is 2.34. The van der Waals surface area contributed by atoms with E-state index in [0.29, 0.717) is 15.6 Å². The van der Waals surface area contributed by atoms with Gasteiger partial charge in [0.25, 0.3) is 0 Å². The maximum atomic E-state index is 12.5. The van der Waals surface area contributed by atoms with Crippen molar-refractivity contribution in [2.45, 2.75) is 72.0 Å². The maximum absolute atomic E-state index is 12.5. The van der Waals surface area contributed by atoms with Crippen LogP contribution in [0.5, 0.6) is 0 Å². The Hall–Kier alpha value is -1.36. The SMILES string of the molecule is CC(C)=CCCC(C)=CCCC(C)=CCC(C(=O)NCc1cccc(Cl)c1Cl)P(=O)(O)O. The Morgan fingerprint density at radius 1 is 1.03 bits per heavy atom. The highest BCUT2D eigenvalue weighted by atomic mass is 35.5. The van der Waals surface area contributed by atoms with Crippen molar-refractivity contribution < 1.29 is 19.1 Å². The molecule has 0 fully saturated rings. The van der Waals surface area contributed by atoms with Gasteiger partial charge in [0.1, 0.15) is 5.66 Å². The molecule has 0 bridgehead atoms. The number of carbonyl (C=O) groups is 1. The molecule has 0 aliphatic rings. The van der Waals surface area contributed by atoms with Crippen molar-refractivity contribution >= 4 is 36.7 Å². The number of carbonyl (C=O) groups excluding carboxylic acids is 1. The number of nitrogens with one attached hydrogen (secondary N) is 1. The molecule has 178 valence electrons. The third kappa shape index (κ3) is 11.0. The third-order valence-electron chi connectivity index (χ3n) is 5.01. The van der Waals surface area contributed by atoms with Gasteiger partial charge in [-0.1, -0.05) is 70.3 Å². The first kappa shape index (κ1) is 28.7. The summed E-state index contributed by atoms with van der Waals surface area (Å²) in [5.41, 5.74) is 2.76. The fourth-order valence-electron chi connectivity index (χ4n) is 3.03. The predicted octanol–water partition coefficient (Wildman–Crippen LogP) is 6.97. The lowest BCUT2D eigenvalue weighted by molar-refractivity contribution is -0.121. The molecule has 0 aliphatic carbocycles. The van der Waals surface area contributed by atoms with E-state index >= 15 is 0 Å². The minimum atomic E-state index is -4.63. The molecule has 3 N–H and O–H groups in total. The zero-order chi connectivity index (χ0) is 24.3. The summed E-state index contributed by atoms with van der Waals surface area (Å²) >= 11 is 12.1. The van der Waals surface area contributed by atoms with Crippen LogP contribution in [0.2, 0.25) is 10.0 Å². The van der Waals surface area contributed by atoms with Gasteiger partial charge in [0.15, 0.2) is 0 Å². The molecule has 0 spiro atoms. The summed E-state index contributed by atoms with van der Waals surface area (Å²) in [6, 6.07) is 5.02. The lowest BCUT2D eigenvalue weighted by atomic mass is 10.1. The number of hydrogen-bond donors (Lipinski definition) is 3. The van der Waals surface area contributed by atoms with Crippen LogP contribution in [0.3, 0.4) is 0 Å². The molecule has 8 heteroatoms. The van der Waals surface area contributed by atoms with E-state index in [-0.39, 0.29) is 13.0 Å². The molecule has 0 aromatic heterocycles. The zero-order valence-electron chi connectivity index (χ0n) is 19.2. The van der Waals surface area contributed by atoms with Crippen LogP contribution < -0.4 is 5.32 Å². The van der Waals surface area contributed by atoms with Gasteiger partial charge in [-0.15, -0.1) is 0 Å². The Morgan fingerprint density at radius 3 is 2.22 bits per heavy atom. The Balaban J connectivity index is 2.65. The van der Waals surface area contributed by atoms with E-state index in [1.807, 2.05) is 6.92 Å². The van der Waals surface area contributed by atoms with Gasteiger partial charge in [-0.05, 0) is 71.4 Å². The molecule has 0 aliphatic heterocycles. The molecule has 0 heterocycles. The summed E-state index contributed by atoms with van der Waals surface area (Å²) in [6.07, 6.45) is 9.78. The van der Waals surface area contributed by atoms with Crippen molar-refractivity contribution in [1.82, 2.24) is 5.32 Å². The van der Waals surface area contributed by atoms with Crippen molar-refractivity contribution in [3.63, 3.8) is 0 Å². The fourth-order valence-corrected chi connectivity index (χ4v) is 4.20. The quantitative estimate of drug-likeness (QED) is 0.213. The number of amides is 1. The van der Waals surface area contributed by atoms with Gasteiger partial charge in [0.2, 0.25) is 5.91 Å². The van der Waals surface area contributed by atoms with Gasteiger partial charge >= 0.3 is 7.60 Å². The Labute approximate surface area is 201 Å². The zero-order valence-corrected chi connectivity index (χ0v) is 21.6. The third-order valence-corrected chi connectivity index (χ3v) is 7.12. The van der Waals surface area contributed by atoms with E-state index in [0.717, 1.165) is 31.3 Å². The highest BCUT2D eigenvalue weighted by Crippen LogP contribution is 2.43. The number of benzene rings is 1. The molecule has 1 unspecified atom stereocenters. The summed E-state index contributed by atoms with van der Waals surface area (Å²) in [4.78, 5) is 31.9. The van der Waals surface area contributed by atoms with Crippen molar-refractivity contribution in [2.75, 3.05) is 0 Å². The van der Waals surface area contributed by atoms with E-state index in [2.05, 4.69) is 38.2 Å². The second-order valence-corrected chi connectivity index (χ2v) is 10.8. The molecule has 1 rings (SSSR count). The van der Waals surface area contributed by atoms with Crippen LogP contribution in [0.25, 0.3) is 0 Å². The number of rotatable bonds is 12. The molecule has 0 saturated heterocycles. The molecular formula is C24H34Cl2NO4P. The van der Waals surface area contributed by atoms with Crippen molar-refractivity contribution in [2.24, 2.45) is 0 Å². The average Bonchev–Trinajstić information content (AvgIpc) is 2.68. The molecule has 0 radical (unpaired) electrons. The molecule has 5 nitrogen and oxygen atoms in total. The number of allylic oxidation sites excluding steroid dienone is 6. The van der Waals surface area contributed by atoms with Gasteiger partial charge in [-0.3, -0.25) is 9.36 Å². The Kier molecular flexibility index (Phi) is 12.6. The largest absolute Gasteiger partial charge is 0.351 e. The smallest absolute Gasteiger partial charge is 0.338 e. The van der Waals surface area contributed by atoms with Crippen LogP contribution in [0.15, 0.2) is 53.1 Å². The molecule has 1 amide bonds. The van der Waals surface area contributed by atoms with Crippen LogP contribution in [-0.4, -0.2) is 21.4 Å². The first-order valence-electron chi connectivity index (χ1n) is 10.6. The summed E-state index contributed by atoms with van der Waals surface area (Å²) in [5, 5.41) is 3.22. The van der Waals surface area contributed by atoms with E-state index in [1.54, 1.807) is 24.3 Å². The van der Waals surface area contributed by atoms with Crippen molar-refractivity contribution in [1.29, 1.82) is 0 Å². The molecule has 1 atom stereocenters. The second kappa shape index (κ2) is 14.0. The summed E-state index contributed by atoms with van der Waals surface area (Å²) in [5.74, 6) is -0.714. The van der Waals surface area contributed by atoms with Crippen LogP contribution in [0.4, 0.5) is 0 Å². The van der Waals surface area contributed by atoms with Crippen LogP contribution in [0, 0.1) is 0 Å². The van der Waals surface area contributed by atoms with Crippen LogP contribution in [0.1, 0.15) is 65.4 Å². The predicted molar refractivity (Wildman–Crippen MR) is 134 cm³/mol. The fraction of sp³-hybridized carbons (Fsp3) is 0.458. The minimum Gasteiger partial charge on any atom is -0.351 e. The van der Waals surface area contributed by atoms with Gasteiger partial charge in [0.05, 0.1) is 10.0 Å². The van der Waals surface area contributed by atoms with Gasteiger partial charge in [-0.25, -0.2) is 0 Å². The Bertz CT molecular complexity index is 915. The standard InChI is InChI=1S/C24H34Cl2NO4P/c1-17(2)8-5-9-18(3)10-6-11-19(4)14-15-22(32(29,30)31)24(28)27-16-20-12-7-13-21(25)23(20)26/h7-8,10,12-14,22H,5-6,9,11,15-16H2,1-4H3,(H,27,28)(H2,29,30,31). The Morgan fingerprint density at radius 2 is 1.62 bits per heavy atom. The number of halogens is 2. The normalized spacial score (nSPS) is 13.6. The van der Waals surface area contributed by atoms with E-state index in [4.69, 9.17) is 23.2 Å². The lowest BCUT2D eigenvalue weighted by Gasteiger charge is -2.17. The molecule has 1 aromatic carbocycles. The van der Waals surface area contributed by atoms with Crippen LogP contribution in [-0.2, 0) is 15.9 Å². The summed E-state index contributed by atoms with van der Waals surface area (Å²) < 4.78 is 11.9. The van der Waals surface area contributed by atoms with Crippen molar-refractivity contribution in [3.05, 3.63) is 68.8 Å². The number of hydrogen-bond acceptors (Lipinski definition) is 2. The van der Waals surface area contributed by atoms with E-state index in [9.17, 15) is 19.1 Å². The second-order valence-electron chi connectivity index (χ2n) is 8.23. The van der Waals surface area contributed by atoms with Gasteiger partial charge in [0, 0.05) is 6.54 Å². The monoisotopic (exact) mass is 501 g/mol. The molecule has 32 heavy (non-hydrogen) atoms. The lowest BCUT2D eigenvalue weighted by Crippen LogP contribution is -2.34. The molecule has 1 aromatic rings. The van der Waals surface area contributed by atoms with Crippen molar-refractivity contribution in [3.8, 4) is 0 Å². The van der Waals surface area contributed by atoms with E-state index in [1.165, 1.54) is 11.1 Å². The van der Waals surface area contributed by atoms with Gasteiger partial charge in [-0.2, -0.15) is 0 Å². The summed E-state index contributed by atoms with van der Waals surface area (Å²) in [7, 11) is -4.63. The van der Waals surface area contributed by atoms with Gasteiger partial charge < -0.3 is 15.1 Å².